The lowest BCUT2D eigenvalue weighted by Crippen LogP contribution is -2.39. The first-order chi connectivity index (χ1) is 13.2. The third-order valence-electron chi connectivity index (χ3n) is 4.97. The lowest BCUT2D eigenvalue weighted by molar-refractivity contribution is -0.119. The number of carbonyl (C=O) groups excluding carboxylic acids is 3. The Hall–Kier alpha value is -3.15. The summed E-state index contributed by atoms with van der Waals surface area (Å²) in [7, 11) is 1.73. The highest BCUT2D eigenvalue weighted by Gasteiger charge is 2.35. The fourth-order valence-corrected chi connectivity index (χ4v) is 3.36. The Labute approximate surface area is 164 Å². The topological polar surface area (TPSA) is 75.7 Å². The highest BCUT2D eigenvalue weighted by molar-refractivity contribution is 6.06. The number of nitrogens with zero attached hydrogens (tertiary/aromatic N) is 1. The molecule has 0 aromatic heterocycles. The van der Waals surface area contributed by atoms with Crippen LogP contribution in [0.1, 0.15) is 53.5 Å². The number of benzene rings is 2. The van der Waals surface area contributed by atoms with Crippen LogP contribution in [0.5, 0.6) is 0 Å². The number of ether oxygens (including phenoxy) is 1. The highest BCUT2D eigenvalue weighted by atomic mass is 16.5. The van der Waals surface area contributed by atoms with Crippen molar-refractivity contribution in [3.63, 3.8) is 0 Å². The van der Waals surface area contributed by atoms with Crippen molar-refractivity contribution in [3.8, 4) is 0 Å². The maximum atomic E-state index is 12.7. The van der Waals surface area contributed by atoms with Crippen LogP contribution >= 0.6 is 0 Å². The first-order valence-electron chi connectivity index (χ1n) is 9.22. The Morgan fingerprint density at radius 2 is 1.75 bits per heavy atom. The first-order valence-corrected chi connectivity index (χ1v) is 9.22. The normalized spacial score (nSPS) is 15.0. The molecule has 1 aliphatic rings. The molecule has 28 heavy (non-hydrogen) atoms. The summed E-state index contributed by atoms with van der Waals surface area (Å²) in [5, 5.41) is 2.82. The second-order valence-electron chi connectivity index (χ2n) is 7.50. The highest BCUT2D eigenvalue weighted by Crippen LogP contribution is 2.40. The number of fused-ring (bicyclic) bond motifs is 1. The fourth-order valence-electron chi connectivity index (χ4n) is 3.36. The maximum absolute atomic E-state index is 12.7. The van der Waals surface area contributed by atoms with Crippen LogP contribution in [0.2, 0.25) is 0 Å². The van der Waals surface area contributed by atoms with Gasteiger partial charge in [-0.2, -0.15) is 0 Å². The van der Waals surface area contributed by atoms with Crippen LogP contribution in [0.3, 0.4) is 0 Å². The average molecular weight is 380 g/mol. The molecule has 0 unspecified atom stereocenters. The largest absolute Gasteiger partial charge is 0.462 e. The zero-order chi connectivity index (χ0) is 20.5. The summed E-state index contributed by atoms with van der Waals surface area (Å²) in [5.41, 5.74) is 3.00. The predicted octanol–water partition coefficient (Wildman–Crippen LogP) is 3.76. The van der Waals surface area contributed by atoms with Gasteiger partial charge in [-0.25, -0.2) is 4.79 Å². The lowest BCUT2D eigenvalue weighted by atomic mass is 9.77. The van der Waals surface area contributed by atoms with Crippen molar-refractivity contribution in [3.05, 3.63) is 59.2 Å². The van der Waals surface area contributed by atoms with Crippen LogP contribution in [0.4, 0.5) is 11.4 Å². The van der Waals surface area contributed by atoms with E-state index in [0.29, 0.717) is 29.8 Å². The molecule has 0 saturated carbocycles. The third kappa shape index (κ3) is 3.76. The van der Waals surface area contributed by atoms with Gasteiger partial charge in [0.2, 0.25) is 5.91 Å². The van der Waals surface area contributed by atoms with E-state index in [4.69, 9.17) is 4.74 Å². The third-order valence-corrected chi connectivity index (χ3v) is 4.97. The molecule has 0 radical (unpaired) electrons. The molecule has 6 nitrogen and oxygen atoms in total. The van der Waals surface area contributed by atoms with Crippen molar-refractivity contribution in [1.82, 2.24) is 0 Å². The molecule has 3 rings (SSSR count). The van der Waals surface area contributed by atoms with Gasteiger partial charge in [-0.3, -0.25) is 9.59 Å². The van der Waals surface area contributed by atoms with E-state index in [9.17, 15) is 14.4 Å². The van der Waals surface area contributed by atoms with E-state index >= 15 is 0 Å². The Bertz CT molecular complexity index is 932. The van der Waals surface area contributed by atoms with E-state index in [0.717, 1.165) is 11.3 Å². The summed E-state index contributed by atoms with van der Waals surface area (Å²) >= 11 is 0. The first kappa shape index (κ1) is 19.6. The van der Waals surface area contributed by atoms with Gasteiger partial charge in [-0.05, 0) is 48.9 Å². The quantitative estimate of drug-likeness (QED) is 0.820. The molecule has 0 spiro atoms. The van der Waals surface area contributed by atoms with Gasteiger partial charge in [0.25, 0.3) is 5.91 Å². The molecule has 1 aliphatic heterocycles. The predicted molar refractivity (Wildman–Crippen MR) is 108 cm³/mol. The summed E-state index contributed by atoms with van der Waals surface area (Å²) in [5.74, 6) is -0.647. The molecule has 2 aromatic rings. The van der Waals surface area contributed by atoms with Crippen LogP contribution in [0.15, 0.2) is 42.5 Å². The van der Waals surface area contributed by atoms with Crippen molar-refractivity contribution in [2.45, 2.75) is 32.6 Å². The van der Waals surface area contributed by atoms with Gasteiger partial charge in [-0.1, -0.05) is 19.9 Å². The molecule has 0 fully saturated rings. The minimum Gasteiger partial charge on any atom is -0.462 e. The van der Waals surface area contributed by atoms with E-state index < -0.39 is 5.97 Å². The monoisotopic (exact) mass is 380 g/mol. The number of anilines is 2. The zero-order valence-corrected chi connectivity index (χ0v) is 16.5. The summed E-state index contributed by atoms with van der Waals surface area (Å²) in [6, 6.07) is 12.0. The number of nitrogens with one attached hydrogen (secondary N) is 1. The van der Waals surface area contributed by atoms with Crippen LogP contribution in [0.25, 0.3) is 0 Å². The van der Waals surface area contributed by atoms with E-state index in [1.165, 1.54) is 0 Å². The minimum absolute atomic E-state index is 0.0320. The SMILES string of the molecule is CCOC(=O)c1ccc(NC(=O)c2ccc3c(c2)N(C)C(=O)CC3(C)C)cc1. The molecule has 1 N–H and O–H groups in total. The van der Waals surface area contributed by atoms with E-state index in [1.54, 1.807) is 55.3 Å². The molecule has 0 aliphatic carbocycles. The Balaban J connectivity index is 1.80. The zero-order valence-electron chi connectivity index (χ0n) is 16.5. The summed E-state index contributed by atoms with van der Waals surface area (Å²) in [6.07, 6.45) is 0.439. The van der Waals surface area contributed by atoms with Crippen molar-refractivity contribution < 1.29 is 19.1 Å². The Kier molecular flexibility index (Phi) is 5.23. The second-order valence-corrected chi connectivity index (χ2v) is 7.50. The number of carbonyl (C=O) groups is 3. The minimum atomic E-state index is -0.398. The van der Waals surface area contributed by atoms with Crippen molar-refractivity contribution in [2.75, 3.05) is 23.9 Å². The number of hydrogen-bond acceptors (Lipinski definition) is 4. The number of amides is 2. The molecule has 0 atom stereocenters. The molecular weight excluding hydrogens is 356 g/mol. The van der Waals surface area contributed by atoms with Crippen LogP contribution in [-0.2, 0) is 14.9 Å². The Morgan fingerprint density at radius 3 is 2.39 bits per heavy atom. The van der Waals surface area contributed by atoms with Gasteiger partial charge in [0, 0.05) is 35.8 Å². The lowest BCUT2D eigenvalue weighted by Gasteiger charge is -2.37. The molecule has 0 bridgehead atoms. The second kappa shape index (κ2) is 7.46. The van der Waals surface area contributed by atoms with Gasteiger partial charge < -0.3 is 15.0 Å². The number of rotatable bonds is 4. The van der Waals surface area contributed by atoms with Gasteiger partial charge in [0.15, 0.2) is 0 Å². The van der Waals surface area contributed by atoms with Crippen LogP contribution < -0.4 is 10.2 Å². The van der Waals surface area contributed by atoms with Crippen molar-refractivity contribution in [1.29, 1.82) is 0 Å². The molecular formula is C22H24N2O4. The van der Waals surface area contributed by atoms with Crippen molar-refractivity contribution >= 4 is 29.2 Å². The summed E-state index contributed by atoms with van der Waals surface area (Å²) in [4.78, 5) is 38.2. The van der Waals surface area contributed by atoms with Crippen LogP contribution in [-0.4, -0.2) is 31.4 Å². The number of hydrogen-bond donors (Lipinski definition) is 1. The molecule has 6 heteroatoms. The molecule has 1 heterocycles. The van der Waals surface area contributed by atoms with Gasteiger partial charge in [0.05, 0.1) is 12.2 Å². The molecule has 2 amide bonds. The Morgan fingerprint density at radius 1 is 1.11 bits per heavy atom. The van der Waals surface area contributed by atoms with Gasteiger partial charge >= 0.3 is 5.97 Å². The molecule has 2 aromatic carbocycles. The molecule has 146 valence electrons. The summed E-state index contributed by atoms with van der Waals surface area (Å²) in [6.45, 7) is 6.11. The maximum Gasteiger partial charge on any atom is 0.338 e. The van der Waals surface area contributed by atoms with Crippen molar-refractivity contribution in [2.24, 2.45) is 0 Å². The van der Waals surface area contributed by atoms with Crippen LogP contribution in [0, 0.1) is 0 Å². The van der Waals surface area contributed by atoms with E-state index in [2.05, 4.69) is 5.32 Å². The fraction of sp³-hybridized carbons (Fsp3) is 0.318. The standard InChI is InChI=1S/C22H24N2O4/c1-5-28-21(27)14-6-9-16(10-7-14)23-20(26)15-8-11-17-18(12-15)24(4)19(25)13-22(17,2)3/h6-12H,5,13H2,1-4H3,(H,23,26). The van der Waals surface area contributed by atoms with Gasteiger partial charge in [0.1, 0.15) is 0 Å². The number of esters is 1. The smallest absolute Gasteiger partial charge is 0.338 e. The summed E-state index contributed by atoms with van der Waals surface area (Å²) < 4.78 is 4.95. The van der Waals surface area contributed by atoms with E-state index in [1.807, 2.05) is 19.9 Å². The van der Waals surface area contributed by atoms with Gasteiger partial charge in [-0.15, -0.1) is 0 Å². The molecule has 0 saturated heterocycles. The van der Waals surface area contributed by atoms with E-state index in [-0.39, 0.29) is 17.2 Å². The average Bonchev–Trinajstić information content (AvgIpc) is 2.66.